The number of carbonyl (C=O) groups excluding carboxylic acids is 1. The van der Waals surface area contributed by atoms with Gasteiger partial charge >= 0.3 is 12.1 Å². The van der Waals surface area contributed by atoms with Gasteiger partial charge in [0.1, 0.15) is 0 Å². The lowest BCUT2D eigenvalue weighted by Gasteiger charge is -2.44. The predicted molar refractivity (Wildman–Crippen MR) is 82.6 cm³/mol. The van der Waals surface area contributed by atoms with Crippen LogP contribution >= 0.6 is 0 Å². The molecule has 25 heavy (non-hydrogen) atoms. The molecule has 0 radical (unpaired) electrons. The molecule has 1 aliphatic heterocycles. The zero-order chi connectivity index (χ0) is 18.2. The molecule has 0 amide bonds. The van der Waals surface area contributed by atoms with Gasteiger partial charge in [-0.25, -0.2) is 4.79 Å². The van der Waals surface area contributed by atoms with Crippen LogP contribution in [0.2, 0.25) is 0 Å². The standard InChI is InChI=1S/C17H20F3NO4/c1-2-5-21-6-7-24-14-9-11-10(8-12(14)21)3-4-13(22)15(11)25-16(23)17(18,19)20/h3-4,12,14,22H,2,5-9H2,1H3/t12-,14-/m1/s1. The largest absolute Gasteiger partial charge is 0.504 e. The zero-order valence-corrected chi connectivity index (χ0v) is 13.8. The number of phenolic OH excluding ortho intramolecular Hbond substituents is 1. The molecule has 0 unspecified atom stereocenters. The lowest BCUT2D eigenvalue weighted by molar-refractivity contribution is -0.189. The number of hydrogen-bond acceptors (Lipinski definition) is 5. The van der Waals surface area contributed by atoms with Crippen LogP contribution in [0, 0.1) is 0 Å². The van der Waals surface area contributed by atoms with Gasteiger partial charge in [0.25, 0.3) is 0 Å². The Bertz CT molecular complexity index is 660. The van der Waals surface area contributed by atoms with E-state index >= 15 is 0 Å². The quantitative estimate of drug-likeness (QED) is 0.664. The van der Waals surface area contributed by atoms with Gasteiger partial charge in [-0.15, -0.1) is 0 Å². The molecule has 0 aromatic heterocycles. The van der Waals surface area contributed by atoms with E-state index in [0.717, 1.165) is 25.1 Å². The maximum absolute atomic E-state index is 12.5. The third kappa shape index (κ3) is 3.59. The van der Waals surface area contributed by atoms with E-state index in [1.165, 1.54) is 6.07 Å². The van der Waals surface area contributed by atoms with Crippen LogP contribution in [-0.2, 0) is 22.4 Å². The molecule has 1 aliphatic carbocycles. The first-order valence-electron chi connectivity index (χ1n) is 8.29. The minimum Gasteiger partial charge on any atom is -0.504 e. The molecule has 8 heteroatoms. The topological polar surface area (TPSA) is 59.0 Å². The van der Waals surface area contributed by atoms with Gasteiger partial charge in [-0.05, 0) is 31.0 Å². The van der Waals surface area contributed by atoms with Gasteiger partial charge in [-0.3, -0.25) is 4.90 Å². The molecule has 0 bridgehead atoms. The molecule has 5 nitrogen and oxygen atoms in total. The van der Waals surface area contributed by atoms with Crippen LogP contribution in [0.25, 0.3) is 0 Å². The Morgan fingerprint density at radius 2 is 2.16 bits per heavy atom. The molecule has 2 atom stereocenters. The van der Waals surface area contributed by atoms with Gasteiger partial charge in [0.05, 0.1) is 12.7 Å². The molecule has 1 N–H and O–H groups in total. The van der Waals surface area contributed by atoms with E-state index in [2.05, 4.69) is 16.6 Å². The van der Waals surface area contributed by atoms with Crippen LogP contribution in [0.3, 0.4) is 0 Å². The Labute approximate surface area is 143 Å². The first-order chi connectivity index (χ1) is 11.8. The van der Waals surface area contributed by atoms with E-state index < -0.39 is 23.6 Å². The van der Waals surface area contributed by atoms with Crippen LogP contribution < -0.4 is 4.74 Å². The van der Waals surface area contributed by atoms with Crippen LogP contribution in [0.5, 0.6) is 11.5 Å². The summed E-state index contributed by atoms with van der Waals surface area (Å²) >= 11 is 0. The highest BCUT2D eigenvalue weighted by Crippen LogP contribution is 2.40. The summed E-state index contributed by atoms with van der Waals surface area (Å²) in [4.78, 5) is 13.5. The molecule has 0 spiro atoms. The number of nitrogens with zero attached hydrogens (tertiary/aromatic N) is 1. The second-order valence-electron chi connectivity index (χ2n) is 6.36. The number of rotatable bonds is 3. The van der Waals surface area contributed by atoms with Crippen LogP contribution in [0.15, 0.2) is 12.1 Å². The van der Waals surface area contributed by atoms with Gasteiger partial charge < -0.3 is 14.6 Å². The Morgan fingerprint density at radius 3 is 2.84 bits per heavy atom. The molecule has 1 aromatic carbocycles. The first kappa shape index (κ1) is 18.0. The third-order valence-corrected chi connectivity index (χ3v) is 4.72. The maximum atomic E-state index is 12.5. The van der Waals surface area contributed by atoms with Gasteiger partial charge in [0.2, 0.25) is 0 Å². The smallest absolute Gasteiger partial charge is 0.491 e. The summed E-state index contributed by atoms with van der Waals surface area (Å²) in [5.41, 5.74) is 1.19. The fourth-order valence-corrected chi connectivity index (χ4v) is 3.62. The molecule has 138 valence electrons. The average molecular weight is 359 g/mol. The van der Waals surface area contributed by atoms with Crippen molar-refractivity contribution in [3.8, 4) is 11.5 Å². The Balaban J connectivity index is 1.90. The monoisotopic (exact) mass is 359 g/mol. The van der Waals surface area contributed by atoms with Crippen molar-refractivity contribution in [2.75, 3.05) is 19.7 Å². The number of ether oxygens (including phenoxy) is 2. The molecular weight excluding hydrogens is 339 g/mol. The third-order valence-electron chi connectivity index (χ3n) is 4.72. The average Bonchev–Trinajstić information content (AvgIpc) is 2.55. The highest BCUT2D eigenvalue weighted by atomic mass is 19.4. The van der Waals surface area contributed by atoms with Crippen molar-refractivity contribution in [3.63, 3.8) is 0 Å². The van der Waals surface area contributed by atoms with Crippen molar-refractivity contribution >= 4 is 5.97 Å². The van der Waals surface area contributed by atoms with Crippen molar-refractivity contribution in [2.45, 2.75) is 44.5 Å². The molecular formula is C17H20F3NO4. The number of esters is 1. The van der Waals surface area contributed by atoms with Crippen LogP contribution in [0.4, 0.5) is 13.2 Å². The molecule has 1 aromatic rings. The van der Waals surface area contributed by atoms with Gasteiger partial charge in [-0.1, -0.05) is 13.0 Å². The van der Waals surface area contributed by atoms with E-state index in [4.69, 9.17) is 4.74 Å². The van der Waals surface area contributed by atoms with Crippen LogP contribution in [0.1, 0.15) is 24.5 Å². The lowest BCUT2D eigenvalue weighted by Crippen LogP contribution is -2.55. The number of carbonyl (C=O) groups is 1. The minimum atomic E-state index is -5.12. The summed E-state index contributed by atoms with van der Waals surface area (Å²) in [6.07, 6.45) is -3.43. The highest BCUT2D eigenvalue weighted by Gasteiger charge is 2.43. The lowest BCUT2D eigenvalue weighted by atomic mass is 9.83. The molecule has 1 fully saturated rings. The summed E-state index contributed by atoms with van der Waals surface area (Å²) in [6, 6.07) is 3.08. The molecule has 2 aliphatic rings. The van der Waals surface area contributed by atoms with Gasteiger partial charge in [-0.2, -0.15) is 13.2 Å². The SMILES string of the molecule is CCCN1CCO[C@@H]2Cc3c(ccc(O)c3OC(=O)C(F)(F)F)C[C@H]21. The summed E-state index contributed by atoms with van der Waals surface area (Å²) in [5, 5.41) is 9.92. The normalized spacial score (nSPS) is 23.7. The minimum absolute atomic E-state index is 0.136. The summed E-state index contributed by atoms with van der Waals surface area (Å²) in [5.74, 6) is -3.22. The molecule has 1 heterocycles. The molecule has 1 saturated heterocycles. The van der Waals surface area contributed by atoms with Crippen LogP contribution in [-0.4, -0.2) is 54.0 Å². The Morgan fingerprint density at radius 1 is 1.40 bits per heavy atom. The fourth-order valence-electron chi connectivity index (χ4n) is 3.62. The van der Waals surface area contributed by atoms with Crippen molar-refractivity contribution in [1.82, 2.24) is 4.90 Å². The summed E-state index contributed by atoms with van der Waals surface area (Å²) < 4.78 is 47.8. The Hall–Kier alpha value is -1.80. The van der Waals surface area contributed by atoms with Crippen molar-refractivity contribution < 1.29 is 32.5 Å². The molecule has 0 saturated carbocycles. The number of halogens is 3. The van der Waals surface area contributed by atoms with E-state index in [-0.39, 0.29) is 12.1 Å². The number of fused-ring (bicyclic) bond motifs is 2. The highest BCUT2D eigenvalue weighted by molar-refractivity contribution is 5.79. The van der Waals surface area contributed by atoms with E-state index in [9.17, 15) is 23.1 Å². The van der Waals surface area contributed by atoms with E-state index in [1.54, 1.807) is 6.07 Å². The zero-order valence-electron chi connectivity index (χ0n) is 13.8. The van der Waals surface area contributed by atoms with E-state index in [1.807, 2.05) is 0 Å². The number of morpholine rings is 1. The first-order valence-corrected chi connectivity index (χ1v) is 8.29. The van der Waals surface area contributed by atoms with Crippen molar-refractivity contribution in [3.05, 3.63) is 23.3 Å². The number of hydrogen-bond donors (Lipinski definition) is 1. The molecule has 3 rings (SSSR count). The number of phenols is 1. The van der Waals surface area contributed by atoms with Gasteiger partial charge in [0.15, 0.2) is 11.5 Å². The second kappa shape index (κ2) is 6.84. The predicted octanol–water partition coefficient (Wildman–Crippen LogP) is 2.44. The Kier molecular flexibility index (Phi) is 4.92. The maximum Gasteiger partial charge on any atom is 0.491 e. The van der Waals surface area contributed by atoms with Crippen molar-refractivity contribution in [1.29, 1.82) is 0 Å². The van der Waals surface area contributed by atoms with Crippen molar-refractivity contribution in [2.24, 2.45) is 0 Å². The number of alkyl halides is 3. The summed E-state index contributed by atoms with van der Waals surface area (Å²) in [6.45, 7) is 4.38. The number of benzene rings is 1. The summed E-state index contributed by atoms with van der Waals surface area (Å²) in [7, 11) is 0. The van der Waals surface area contributed by atoms with Gasteiger partial charge in [0, 0.05) is 24.6 Å². The fraction of sp³-hybridized carbons (Fsp3) is 0.588. The second-order valence-corrected chi connectivity index (χ2v) is 6.36. The number of aromatic hydroxyl groups is 1. The van der Waals surface area contributed by atoms with E-state index in [0.29, 0.717) is 25.0 Å².